The molecule has 3 nitrogen and oxygen atoms in total. The van der Waals surface area contributed by atoms with Crippen LogP contribution in [0.1, 0.15) is 24.1 Å². The van der Waals surface area contributed by atoms with Gasteiger partial charge in [0.2, 0.25) is 0 Å². The lowest BCUT2D eigenvalue weighted by atomic mass is 10.0. The van der Waals surface area contributed by atoms with Gasteiger partial charge in [-0.1, -0.05) is 22.0 Å². The molecule has 0 saturated carbocycles. The second-order valence-electron chi connectivity index (χ2n) is 2.73. The maximum absolute atomic E-state index is 10.7. The summed E-state index contributed by atoms with van der Waals surface area (Å²) in [5.41, 5.74) is 1.56. The number of halogens is 1. The second kappa shape index (κ2) is 4.37. The summed E-state index contributed by atoms with van der Waals surface area (Å²) in [6.07, 6.45) is 1.66. The van der Waals surface area contributed by atoms with Gasteiger partial charge in [-0.25, -0.2) is 0 Å². The Morgan fingerprint density at radius 1 is 1.77 bits per heavy atom. The SMILES string of the molecule is CC(C(=O)O)c1cccnc1CBr. The van der Waals surface area contributed by atoms with Gasteiger partial charge in [0.15, 0.2) is 0 Å². The van der Waals surface area contributed by atoms with Gasteiger partial charge in [-0.3, -0.25) is 9.78 Å². The molecule has 1 aromatic rings. The van der Waals surface area contributed by atoms with Gasteiger partial charge >= 0.3 is 5.97 Å². The van der Waals surface area contributed by atoms with Crippen LogP contribution in [0.15, 0.2) is 18.3 Å². The molecule has 0 aromatic carbocycles. The molecule has 0 spiro atoms. The molecule has 1 atom stereocenters. The fourth-order valence-electron chi connectivity index (χ4n) is 1.09. The van der Waals surface area contributed by atoms with Crippen LogP contribution in [0.3, 0.4) is 0 Å². The molecule has 1 heterocycles. The maximum Gasteiger partial charge on any atom is 0.310 e. The van der Waals surface area contributed by atoms with Gasteiger partial charge in [0, 0.05) is 11.5 Å². The topological polar surface area (TPSA) is 50.2 Å². The van der Waals surface area contributed by atoms with Gasteiger partial charge < -0.3 is 5.11 Å². The van der Waals surface area contributed by atoms with E-state index in [1.54, 1.807) is 25.3 Å². The largest absolute Gasteiger partial charge is 0.481 e. The maximum atomic E-state index is 10.7. The summed E-state index contributed by atoms with van der Waals surface area (Å²) in [4.78, 5) is 14.8. The number of carboxylic acid groups (broad SMARTS) is 1. The molecule has 0 saturated heterocycles. The Hall–Kier alpha value is -0.900. The molecule has 70 valence electrons. The Bertz CT molecular complexity index is 314. The van der Waals surface area contributed by atoms with Gasteiger partial charge in [-0.2, -0.15) is 0 Å². The number of rotatable bonds is 3. The summed E-state index contributed by atoms with van der Waals surface area (Å²) in [5.74, 6) is -1.32. The van der Waals surface area contributed by atoms with Crippen molar-refractivity contribution >= 4 is 21.9 Å². The predicted octanol–water partition coefficient (Wildman–Crippen LogP) is 2.16. The standard InChI is InChI=1S/C9H10BrNO2/c1-6(9(12)13)7-3-2-4-11-8(7)5-10/h2-4,6H,5H2,1H3,(H,12,13). The molecule has 0 radical (unpaired) electrons. The summed E-state index contributed by atoms with van der Waals surface area (Å²) in [6.45, 7) is 1.66. The summed E-state index contributed by atoms with van der Waals surface area (Å²) < 4.78 is 0. The van der Waals surface area contributed by atoms with Crippen LogP contribution in [0.5, 0.6) is 0 Å². The van der Waals surface area contributed by atoms with Gasteiger partial charge in [0.1, 0.15) is 0 Å². The van der Waals surface area contributed by atoms with Crippen LogP contribution in [-0.4, -0.2) is 16.1 Å². The number of hydrogen-bond donors (Lipinski definition) is 1. The van der Waals surface area contributed by atoms with Crippen molar-refractivity contribution in [2.75, 3.05) is 0 Å². The monoisotopic (exact) mass is 243 g/mol. The Morgan fingerprint density at radius 3 is 3.00 bits per heavy atom. The van der Waals surface area contributed by atoms with Crippen LogP contribution >= 0.6 is 15.9 Å². The number of alkyl halides is 1. The summed E-state index contributed by atoms with van der Waals surface area (Å²) >= 11 is 3.27. The minimum absolute atomic E-state index is 0.499. The molecule has 1 aromatic heterocycles. The fraction of sp³-hybridized carbons (Fsp3) is 0.333. The van der Waals surface area contributed by atoms with E-state index in [1.807, 2.05) is 0 Å². The van der Waals surface area contributed by atoms with Gasteiger partial charge in [0.05, 0.1) is 11.6 Å². The highest BCUT2D eigenvalue weighted by Gasteiger charge is 2.16. The number of carbonyl (C=O) groups is 1. The molecule has 0 fully saturated rings. The van der Waals surface area contributed by atoms with Crippen LogP contribution in [-0.2, 0) is 10.1 Å². The molecule has 0 aliphatic heterocycles. The number of pyridine rings is 1. The third-order valence-corrected chi connectivity index (χ3v) is 2.42. The molecule has 1 rings (SSSR count). The minimum atomic E-state index is -0.824. The zero-order chi connectivity index (χ0) is 9.84. The van der Waals surface area contributed by atoms with E-state index in [0.717, 1.165) is 11.3 Å². The van der Waals surface area contributed by atoms with E-state index < -0.39 is 11.9 Å². The van der Waals surface area contributed by atoms with Crippen LogP contribution in [0, 0.1) is 0 Å². The molecule has 4 heteroatoms. The van der Waals surface area contributed by atoms with E-state index in [4.69, 9.17) is 5.11 Å². The number of hydrogen-bond acceptors (Lipinski definition) is 2. The Kier molecular flexibility index (Phi) is 3.42. The van der Waals surface area contributed by atoms with E-state index in [9.17, 15) is 4.79 Å². The molecular weight excluding hydrogens is 234 g/mol. The van der Waals surface area contributed by atoms with Gasteiger partial charge in [0.25, 0.3) is 0 Å². The predicted molar refractivity (Wildman–Crippen MR) is 52.9 cm³/mol. The molecular formula is C9H10BrNO2. The lowest BCUT2D eigenvalue weighted by Crippen LogP contribution is -2.10. The average Bonchev–Trinajstić information content (AvgIpc) is 2.16. The van der Waals surface area contributed by atoms with Crippen molar-refractivity contribution in [2.24, 2.45) is 0 Å². The van der Waals surface area contributed by atoms with Crippen molar-refractivity contribution < 1.29 is 9.90 Å². The highest BCUT2D eigenvalue weighted by atomic mass is 79.9. The fourth-order valence-corrected chi connectivity index (χ4v) is 1.56. The molecule has 0 aliphatic carbocycles. The summed E-state index contributed by atoms with van der Waals surface area (Å²) in [5, 5.41) is 9.40. The highest BCUT2D eigenvalue weighted by Crippen LogP contribution is 2.19. The first-order chi connectivity index (χ1) is 6.16. The first kappa shape index (κ1) is 10.2. The first-order valence-corrected chi connectivity index (χ1v) is 5.01. The van der Waals surface area contributed by atoms with Gasteiger partial charge in [-0.15, -0.1) is 0 Å². The van der Waals surface area contributed by atoms with Gasteiger partial charge in [-0.05, 0) is 18.6 Å². The minimum Gasteiger partial charge on any atom is -0.481 e. The molecule has 1 unspecified atom stereocenters. The van der Waals surface area contributed by atoms with Crippen LogP contribution in [0.4, 0.5) is 0 Å². The van der Waals surface area contributed by atoms with E-state index in [1.165, 1.54) is 0 Å². The number of nitrogens with zero attached hydrogens (tertiary/aromatic N) is 1. The van der Waals surface area contributed by atoms with Crippen molar-refractivity contribution in [3.05, 3.63) is 29.6 Å². The number of carboxylic acids is 1. The normalized spacial score (nSPS) is 12.5. The lowest BCUT2D eigenvalue weighted by molar-refractivity contribution is -0.138. The van der Waals surface area contributed by atoms with Crippen molar-refractivity contribution in [1.82, 2.24) is 4.98 Å². The summed E-state index contributed by atoms with van der Waals surface area (Å²) in [6, 6.07) is 3.54. The van der Waals surface area contributed by atoms with E-state index in [-0.39, 0.29) is 0 Å². The second-order valence-corrected chi connectivity index (χ2v) is 3.29. The third-order valence-electron chi connectivity index (χ3n) is 1.89. The van der Waals surface area contributed by atoms with Crippen LogP contribution in [0.25, 0.3) is 0 Å². The molecule has 0 amide bonds. The van der Waals surface area contributed by atoms with Crippen LogP contribution < -0.4 is 0 Å². The number of aromatic nitrogens is 1. The van der Waals surface area contributed by atoms with Crippen LogP contribution in [0.2, 0.25) is 0 Å². The third kappa shape index (κ3) is 2.28. The smallest absolute Gasteiger partial charge is 0.310 e. The van der Waals surface area contributed by atoms with Crippen molar-refractivity contribution in [3.63, 3.8) is 0 Å². The summed E-state index contributed by atoms with van der Waals surface area (Å²) in [7, 11) is 0. The highest BCUT2D eigenvalue weighted by molar-refractivity contribution is 9.08. The Morgan fingerprint density at radius 2 is 2.46 bits per heavy atom. The van der Waals surface area contributed by atoms with Crippen molar-refractivity contribution in [2.45, 2.75) is 18.2 Å². The average molecular weight is 244 g/mol. The van der Waals surface area contributed by atoms with E-state index >= 15 is 0 Å². The Balaban J connectivity index is 3.05. The van der Waals surface area contributed by atoms with Crippen molar-refractivity contribution in [1.29, 1.82) is 0 Å². The van der Waals surface area contributed by atoms with Crippen molar-refractivity contribution in [3.8, 4) is 0 Å². The Labute approximate surface area is 84.9 Å². The quantitative estimate of drug-likeness (QED) is 0.829. The first-order valence-electron chi connectivity index (χ1n) is 3.89. The van der Waals surface area contributed by atoms with E-state index in [0.29, 0.717) is 5.33 Å². The molecule has 13 heavy (non-hydrogen) atoms. The number of aliphatic carboxylic acids is 1. The molecule has 0 aliphatic rings. The lowest BCUT2D eigenvalue weighted by Gasteiger charge is -2.09. The molecule has 1 N–H and O–H groups in total. The van der Waals surface area contributed by atoms with E-state index in [2.05, 4.69) is 20.9 Å². The zero-order valence-electron chi connectivity index (χ0n) is 7.20. The zero-order valence-corrected chi connectivity index (χ0v) is 8.78. The molecule has 0 bridgehead atoms.